The number of hydrogen-bond acceptors (Lipinski definition) is 1. The number of allylic oxidation sites excluding steroid dienone is 1. The Morgan fingerprint density at radius 2 is 2.05 bits per heavy atom. The summed E-state index contributed by atoms with van der Waals surface area (Å²) < 4.78 is 0. The summed E-state index contributed by atoms with van der Waals surface area (Å²) in [5.74, 6) is 0. The second kappa shape index (κ2) is 7.72. The molecule has 0 fully saturated rings. The van der Waals surface area contributed by atoms with Crippen LogP contribution in [0.25, 0.3) is 0 Å². The second-order valence-corrected chi connectivity index (χ2v) is 5.69. The number of hydrogen-bond donors (Lipinski definition) is 1. The molecule has 1 aliphatic carbocycles. The highest BCUT2D eigenvalue weighted by Gasteiger charge is 2.16. The molecular weight excluding hydrogens is 254 g/mol. The molecule has 0 saturated carbocycles. The van der Waals surface area contributed by atoms with Crippen LogP contribution in [0.2, 0.25) is 5.02 Å². The zero-order chi connectivity index (χ0) is 13.5. The van der Waals surface area contributed by atoms with Gasteiger partial charge in [-0.25, -0.2) is 0 Å². The van der Waals surface area contributed by atoms with Crippen molar-refractivity contribution >= 4 is 11.6 Å². The fourth-order valence-electron chi connectivity index (χ4n) is 2.82. The highest BCUT2D eigenvalue weighted by molar-refractivity contribution is 6.31. The van der Waals surface area contributed by atoms with E-state index in [9.17, 15) is 0 Å². The number of halogens is 1. The molecule has 1 nitrogen and oxygen atoms in total. The van der Waals surface area contributed by atoms with Crippen molar-refractivity contribution in [2.45, 2.75) is 51.5 Å². The van der Waals surface area contributed by atoms with Gasteiger partial charge in [-0.2, -0.15) is 0 Å². The molecule has 1 aromatic rings. The molecule has 104 valence electrons. The van der Waals surface area contributed by atoms with Crippen molar-refractivity contribution in [1.82, 2.24) is 5.32 Å². The molecule has 0 aromatic heterocycles. The molecular formula is C17H24ClN. The van der Waals surface area contributed by atoms with E-state index in [4.69, 9.17) is 11.6 Å². The van der Waals surface area contributed by atoms with Gasteiger partial charge in [0.15, 0.2) is 0 Å². The Kier molecular flexibility index (Phi) is 5.93. The summed E-state index contributed by atoms with van der Waals surface area (Å²) in [6.45, 7) is 3.18. The Bertz CT molecular complexity index is 425. The third-order valence-corrected chi connectivity index (χ3v) is 4.22. The molecule has 1 atom stereocenters. The van der Waals surface area contributed by atoms with Crippen molar-refractivity contribution in [1.29, 1.82) is 0 Å². The van der Waals surface area contributed by atoms with Crippen LogP contribution in [-0.2, 0) is 6.42 Å². The quantitative estimate of drug-likeness (QED) is 0.766. The summed E-state index contributed by atoms with van der Waals surface area (Å²) in [7, 11) is 0. The lowest BCUT2D eigenvalue weighted by molar-refractivity contribution is 0.562. The number of nitrogens with one attached hydrogen (secondary N) is 1. The molecule has 1 N–H and O–H groups in total. The molecule has 2 heteroatoms. The van der Waals surface area contributed by atoms with Gasteiger partial charge in [0.1, 0.15) is 0 Å². The van der Waals surface area contributed by atoms with E-state index in [2.05, 4.69) is 30.4 Å². The van der Waals surface area contributed by atoms with E-state index in [1.54, 1.807) is 5.57 Å². The summed E-state index contributed by atoms with van der Waals surface area (Å²) in [5, 5.41) is 4.52. The average Bonchev–Trinajstić information content (AvgIpc) is 2.69. The van der Waals surface area contributed by atoms with Gasteiger partial charge in [-0.1, -0.05) is 54.8 Å². The number of rotatable bonds is 5. The Hall–Kier alpha value is -0.790. The van der Waals surface area contributed by atoms with Crippen LogP contribution in [-0.4, -0.2) is 12.6 Å². The maximum atomic E-state index is 6.29. The van der Waals surface area contributed by atoms with Crippen molar-refractivity contribution in [3.8, 4) is 0 Å². The lowest BCUT2D eigenvalue weighted by Gasteiger charge is -2.22. The predicted molar refractivity (Wildman–Crippen MR) is 83.8 cm³/mol. The van der Waals surface area contributed by atoms with Crippen molar-refractivity contribution in [2.75, 3.05) is 6.54 Å². The van der Waals surface area contributed by atoms with Gasteiger partial charge in [-0.15, -0.1) is 0 Å². The lowest BCUT2D eigenvalue weighted by Crippen LogP contribution is -2.33. The highest BCUT2D eigenvalue weighted by Crippen LogP contribution is 2.24. The van der Waals surface area contributed by atoms with E-state index in [0.29, 0.717) is 6.04 Å². The van der Waals surface area contributed by atoms with Crippen molar-refractivity contribution in [3.63, 3.8) is 0 Å². The molecule has 1 unspecified atom stereocenters. The zero-order valence-electron chi connectivity index (χ0n) is 11.8. The Morgan fingerprint density at radius 3 is 2.84 bits per heavy atom. The van der Waals surface area contributed by atoms with Crippen molar-refractivity contribution < 1.29 is 0 Å². The molecule has 0 bridgehead atoms. The first kappa shape index (κ1) is 14.6. The Labute approximate surface area is 122 Å². The lowest BCUT2D eigenvalue weighted by atomic mass is 9.95. The van der Waals surface area contributed by atoms with Gasteiger partial charge in [0, 0.05) is 11.1 Å². The normalized spacial score (nSPS) is 17.7. The highest BCUT2D eigenvalue weighted by atomic mass is 35.5. The predicted octanol–water partition coefficient (Wildman–Crippen LogP) is 4.75. The fourth-order valence-corrected chi connectivity index (χ4v) is 3.03. The largest absolute Gasteiger partial charge is 0.310 e. The van der Waals surface area contributed by atoms with E-state index in [1.165, 1.54) is 37.7 Å². The number of likely N-dealkylation sites (N-methyl/N-ethyl adjacent to an activating group) is 1. The molecule has 1 aliphatic rings. The maximum Gasteiger partial charge on any atom is 0.0438 e. The van der Waals surface area contributed by atoms with E-state index < -0.39 is 0 Å². The minimum Gasteiger partial charge on any atom is -0.310 e. The first-order chi connectivity index (χ1) is 9.31. The zero-order valence-corrected chi connectivity index (χ0v) is 12.5. The van der Waals surface area contributed by atoms with Crippen LogP contribution < -0.4 is 5.32 Å². The molecule has 0 amide bonds. The van der Waals surface area contributed by atoms with Gasteiger partial charge in [0.05, 0.1) is 0 Å². The van der Waals surface area contributed by atoms with Crippen LogP contribution in [0.1, 0.15) is 44.6 Å². The third kappa shape index (κ3) is 4.36. The smallest absolute Gasteiger partial charge is 0.0438 e. The van der Waals surface area contributed by atoms with Gasteiger partial charge in [-0.3, -0.25) is 0 Å². The molecule has 0 saturated heterocycles. The Balaban J connectivity index is 2.11. The molecule has 1 aromatic carbocycles. The average molecular weight is 278 g/mol. The number of benzene rings is 1. The molecule has 0 aliphatic heterocycles. The molecule has 0 heterocycles. The van der Waals surface area contributed by atoms with Crippen LogP contribution in [0.15, 0.2) is 35.9 Å². The summed E-state index contributed by atoms with van der Waals surface area (Å²) in [5.41, 5.74) is 2.83. The summed E-state index contributed by atoms with van der Waals surface area (Å²) in [6, 6.07) is 8.65. The topological polar surface area (TPSA) is 12.0 Å². The summed E-state index contributed by atoms with van der Waals surface area (Å²) in [4.78, 5) is 0. The minimum atomic E-state index is 0.447. The molecule has 19 heavy (non-hydrogen) atoms. The summed E-state index contributed by atoms with van der Waals surface area (Å²) in [6.07, 6.45) is 9.97. The van der Waals surface area contributed by atoms with Crippen LogP contribution >= 0.6 is 11.6 Å². The van der Waals surface area contributed by atoms with Gasteiger partial charge >= 0.3 is 0 Å². The Morgan fingerprint density at radius 1 is 1.21 bits per heavy atom. The third-order valence-electron chi connectivity index (χ3n) is 3.86. The van der Waals surface area contributed by atoms with Crippen LogP contribution in [0, 0.1) is 0 Å². The minimum absolute atomic E-state index is 0.447. The van der Waals surface area contributed by atoms with Gasteiger partial charge in [-0.05, 0) is 50.3 Å². The van der Waals surface area contributed by atoms with E-state index >= 15 is 0 Å². The van der Waals surface area contributed by atoms with E-state index in [1.807, 2.05) is 12.1 Å². The maximum absolute atomic E-state index is 6.29. The van der Waals surface area contributed by atoms with E-state index in [-0.39, 0.29) is 0 Å². The first-order valence-electron chi connectivity index (χ1n) is 7.47. The van der Waals surface area contributed by atoms with Crippen molar-refractivity contribution in [2.24, 2.45) is 0 Å². The van der Waals surface area contributed by atoms with Gasteiger partial charge < -0.3 is 5.32 Å². The van der Waals surface area contributed by atoms with Crippen LogP contribution in [0.5, 0.6) is 0 Å². The molecule has 0 spiro atoms. The SMILES string of the molecule is CCNC(Cc1ccccc1Cl)C1=CCCCCC1. The van der Waals surface area contributed by atoms with Crippen LogP contribution in [0.3, 0.4) is 0 Å². The van der Waals surface area contributed by atoms with Gasteiger partial charge in [0.2, 0.25) is 0 Å². The first-order valence-corrected chi connectivity index (χ1v) is 7.84. The van der Waals surface area contributed by atoms with Crippen molar-refractivity contribution in [3.05, 3.63) is 46.5 Å². The second-order valence-electron chi connectivity index (χ2n) is 5.28. The van der Waals surface area contributed by atoms with E-state index in [0.717, 1.165) is 18.0 Å². The van der Waals surface area contributed by atoms with Gasteiger partial charge in [0.25, 0.3) is 0 Å². The summed E-state index contributed by atoms with van der Waals surface area (Å²) >= 11 is 6.29. The molecule has 0 radical (unpaired) electrons. The monoisotopic (exact) mass is 277 g/mol. The molecule has 2 rings (SSSR count). The standard InChI is InChI=1S/C17H24ClN/c1-2-19-17(14-9-5-3-4-6-10-14)13-15-11-7-8-12-16(15)18/h7-9,11-12,17,19H,2-6,10,13H2,1H3. The fraction of sp³-hybridized carbons (Fsp3) is 0.529. The van der Waals surface area contributed by atoms with Crippen LogP contribution in [0.4, 0.5) is 0 Å².